The van der Waals surface area contributed by atoms with E-state index in [1.165, 1.54) is 35.0 Å². The van der Waals surface area contributed by atoms with Crippen molar-refractivity contribution in [3.05, 3.63) is 54.4 Å². The Balaban J connectivity index is 0. The van der Waals surface area contributed by atoms with Gasteiger partial charge in [0, 0.05) is 6.07 Å². The van der Waals surface area contributed by atoms with E-state index < -0.39 is 22.2 Å². The second-order valence-corrected chi connectivity index (χ2v) is 6.35. The van der Waals surface area contributed by atoms with Gasteiger partial charge in [0.1, 0.15) is 28.6 Å². The molecule has 0 saturated heterocycles. The van der Waals surface area contributed by atoms with Crippen molar-refractivity contribution in [3.8, 4) is 5.75 Å². The summed E-state index contributed by atoms with van der Waals surface area (Å²) in [4.78, 5) is 10.4. The smallest absolute Gasteiger partial charge is 1.00 e. The number of aliphatic hydroxyl groups excluding tert-OH is 1. The molecule has 1 aromatic carbocycles. The zero-order valence-corrected chi connectivity index (χ0v) is 20.3. The monoisotopic (exact) mass is 433 g/mol. The maximum absolute atomic E-state index is 10.8. The molecular weight excluding hydrogens is 420 g/mol. The summed E-state index contributed by atoms with van der Waals surface area (Å²) in [6.45, 7) is -0.0137. The van der Waals surface area contributed by atoms with Crippen LogP contribution in [0, 0.1) is 0 Å². The van der Waals surface area contributed by atoms with Crippen molar-refractivity contribution >= 4 is 16.1 Å². The van der Waals surface area contributed by atoms with Gasteiger partial charge in [-0.25, -0.2) is 13.0 Å². The third-order valence-corrected chi connectivity index (χ3v) is 3.92. The second-order valence-electron chi connectivity index (χ2n) is 4.97. The molecule has 0 radical (unpaired) electrons. The number of carboxylic acids is 1. The molecule has 0 amide bonds. The Morgan fingerprint density at radius 3 is 2.30 bits per heavy atom. The number of carboxylic acid groups (broad SMARTS) is 1. The van der Waals surface area contributed by atoms with Crippen molar-refractivity contribution in [1.29, 1.82) is 0 Å². The average Bonchev–Trinajstić information content (AvgIpc) is 2.53. The number of aliphatic hydroxyl groups is 1. The molecular formula is C15H14ClNNa2O7S. The average molecular weight is 434 g/mol. The molecule has 1 unspecified atom stereocenters. The normalized spacial score (nSPS) is 11.2. The topological polar surface area (TPSA) is 131 Å². The van der Waals surface area contributed by atoms with Gasteiger partial charge in [-0.15, -0.1) is 0 Å². The van der Waals surface area contributed by atoms with Gasteiger partial charge in [-0.1, -0.05) is 0 Å². The van der Waals surface area contributed by atoms with E-state index in [0.717, 1.165) is 12.1 Å². The van der Waals surface area contributed by atoms with E-state index in [-0.39, 0.29) is 101 Å². The van der Waals surface area contributed by atoms with E-state index in [1.807, 2.05) is 0 Å². The summed E-state index contributed by atoms with van der Waals surface area (Å²) in [5.41, 5.74) is -0.0139. The Hall–Kier alpha value is -0.200. The number of carbonyl (C=O) groups excluding carboxylic acids is 1. The molecule has 1 atom stereocenters. The molecule has 136 valence electrons. The van der Waals surface area contributed by atoms with Gasteiger partial charge in [-0.2, -0.15) is 0 Å². The third-order valence-electron chi connectivity index (χ3n) is 3.07. The van der Waals surface area contributed by atoms with E-state index in [0.29, 0.717) is 0 Å². The number of rotatable bonds is 7. The summed E-state index contributed by atoms with van der Waals surface area (Å²) in [6.07, 6.45) is 1.98. The van der Waals surface area contributed by atoms with Gasteiger partial charge in [-0.3, -0.25) is 0 Å². The molecule has 1 aromatic heterocycles. The molecule has 0 saturated carbocycles. The maximum atomic E-state index is 10.8. The number of benzene rings is 1. The molecule has 0 spiro atoms. The second kappa shape index (κ2) is 13.1. The zero-order valence-electron chi connectivity index (χ0n) is 14.7. The van der Waals surface area contributed by atoms with Crippen LogP contribution in [0.2, 0.25) is 0 Å². The number of carbonyl (C=O) groups is 1. The number of aromatic nitrogens is 1. The Kier molecular flexibility index (Phi) is 14.1. The van der Waals surface area contributed by atoms with Crippen molar-refractivity contribution in [2.24, 2.45) is 0 Å². The molecule has 0 fully saturated rings. The molecule has 0 bridgehead atoms. The summed E-state index contributed by atoms with van der Waals surface area (Å²) in [6, 6.07) is 7.73. The van der Waals surface area contributed by atoms with Crippen LogP contribution in [0.4, 0.5) is 0 Å². The summed E-state index contributed by atoms with van der Waals surface area (Å²) in [5, 5.41) is 20.7. The molecule has 12 heteroatoms. The fraction of sp³-hybridized carbons (Fsp3) is 0.200. The van der Waals surface area contributed by atoms with Gasteiger partial charge in [0.2, 0.25) is 0 Å². The Labute approximate surface area is 207 Å². The van der Waals surface area contributed by atoms with Crippen LogP contribution in [-0.4, -0.2) is 36.8 Å². The number of hydrogen-bond acceptors (Lipinski definition) is 7. The van der Waals surface area contributed by atoms with Crippen LogP contribution < -0.4 is 85.9 Å². The number of pyridine rings is 1. The zero-order chi connectivity index (χ0) is 17.7. The molecule has 1 N–H and O–H groups in total. The first-order valence-corrected chi connectivity index (χ1v) is 8.24. The van der Waals surface area contributed by atoms with E-state index >= 15 is 0 Å². The number of hydrogen-bond donors (Lipinski definition) is 1. The van der Waals surface area contributed by atoms with Crippen LogP contribution in [0.3, 0.4) is 0 Å². The molecule has 8 nitrogen and oxygen atoms in total. The van der Waals surface area contributed by atoms with E-state index in [2.05, 4.69) is 0 Å². The van der Waals surface area contributed by atoms with Gasteiger partial charge >= 0.3 is 59.1 Å². The SMILES string of the molecule is O=C([O-])c1ccc[n+](CC(O)COc2ccc(S(=O)(=O)[O-])cc2)c1.[Cl-].[Na+].[Na+]. The van der Waals surface area contributed by atoms with Crippen molar-refractivity contribution in [3.63, 3.8) is 0 Å². The van der Waals surface area contributed by atoms with Crippen LogP contribution in [0.5, 0.6) is 5.75 Å². The number of nitrogens with zero attached hydrogens (tertiary/aromatic N) is 1. The Morgan fingerprint density at radius 1 is 1.19 bits per heavy atom. The number of halogens is 1. The van der Waals surface area contributed by atoms with E-state index in [1.54, 1.807) is 6.20 Å². The van der Waals surface area contributed by atoms with E-state index in [4.69, 9.17) is 4.74 Å². The van der Waals surface area contributed by atoms with Crippen molar-refractivity contribution in [1.82, 2.24) is 0 Å². The minimum Gasteiger partial charge on any atom is -1.00 e. The first-order chi connectivity index (χ1) is 11.3. The first kappa shape index (κ1) is 29.0. The van der Waals surface area contributed by atoms with Gasteiger partial charge in [-0.05, 0) is 30.3 Å². The quantitative estimate of drug-likeness (QED) is 0.260. The van der Waals surface area contributed by atoms with Gasteiger partial charge in [0.05, 0.1) is 16.4 Å². The van der Waals surface area contributed by atoms with Gasteiger partial charge in [0.25, 0.3) is 0 Å². The summed E-state index contributed by atoms with van der Waals surface area (Å²) in [7, 11) is -4.51. The Morgan fingerprint density at radius 2 is 1.78 bits per heavy atom. The minimum atomic E-state index is -4.51. The van der Waals surface area contributed by atoms with E-state index in [9.17, 15) is 28.0 Å². The van der Waals surface area contributed by atoms with Gasteiger partial charge < -0.3 is 36.7 Å². The van der Waals surface area contributed by atoms with Crippen LogP contribution in [0.1, 0.15) is 10.4 Å². The fourth-order valence-corrected chi connectivity index (χ4v) is 2.42. The molecule has 0 aliphatic heterocycles. The minimum absolute atomic E-state index is 0. The molecule has 0 aliphatic carbocycles. The van der Waals surface area contributed by atoms with Crippen molar-refractivity contribution < 1.29 is 109 Å². The van der Waals surface area contributed by atoms with Crippen LogP contribution in [0.15, 0.2) is 53.7 Å². The standard InChI is InChI=1S/C15H15NO7S.ClH.2Na/c17-12(9-16-7-1-2-11(8-16)15(18)19)10-23-13-3-5-14(6-4-13)24(20,21)22;;;/h1-8,12,17H,9-10H2,(H-,18,19,20,21,22);1H;;/q;;2*+1/p-2. The van der Waals surface area contributed by atoms with Crippen LogP contribution in [-0.2, 0) is 16.7 Å². The largest absolute Gasteiger partial charge is 1.00 e. The fourth-order valence-electron chi connectivity index (χ4n) is 1.95. The number of aromatic carboxylic acids is 1. The number of ether oxygens (including phenoxy) is 1. The molecule has 2 rings (SSSR count). The summed E-state index contributed by atoms with van der Waals surface area (Å²) < 4.78 is 39.2. The predicted molar refractivity (Wildman–Crippen MR) is 76.9 cm³/mol. The Bertz CT molecular complexity index is 834. The van der Waals surface area contributed by atoms with Crippen molar-refractivity contribution in [2.75, 3.05) is 6.61 Å². The first-order valence-electron chi connectivity index (χ1n) is 6.83. The molecule has 27 heavy (non-hydrogen) atoms. The summed E-state index contributed by atoms with van der Waals surface area (Å²) >= 11 is 0. The molecule has 1 heterocycles. The van der Waals surface area contributed by atoms with Crippen molar-refractivity contribution in [2.45, 2.75) is 17.5 Å². The molecule has 2 aromatic rings. The van der Waals surface area contributed by atoms with Crippen LogP contribution >= 0.6 is 0 Å². The third kappa shape index (κ3) is 9.71. The maximum Gasteiger partial charge on any atom is 1.00 e. The predicted octanol–water partition coefficient (Wildman–Crippen LogP) is -10.3. The van der Waals surface area contributed by atoms with Crippen LogP contribution in [0.25, 0.3) is 0 Å². The summed E-state index contributed by atoms with van der Waals surface area (Å²) in [5.74, 6) is -1.03. The van der Waals surface area contributed by atoms with Gasteiger partial charge in [0.15, 0.2) is 18.9 Å². The molecule has 0 aliphatic rings.